The van der Waals surface area contributed by atoms with Crippen LogP contribution in [0.4, 0.5) is 11.4 Å². The SMILES string of the molecule is NS(=O)(=O)c1ccc(/N=N/c2ccccc2)cc1. The summed E-state index contributed by atoms with van der Waals surface area (Å²) in [5.74, 6) is 0. The molecule has 0 aliphatic carbocycles. The van der Waals surface area contributed by atoms with Gasteiger partial charge in [0.2, 0.25) is 10.0 Å². The fraction of sp³-hybridized carbons (Fsp3) is 0. The van der Waals surface area contributed by atoms with Gasteiger partial charge >= 0.3 is 0 Å². The number of primary sulfonamides is 1. The van der Waals surface area contributed by atoms with E-state index in [0.29, 0.717) is 5.69 Å². The van der Waals surface area contributed by atoms with E-state index in [9.17, 15) is 8.42 Å². The second-order valence-electron chi connectivity index (χ2n) is 3.57. The number of nitrogens with two attached hydrogens (primary N) is 1. The summed E-state index contributed by atoms with van der Waals surface area (Å²) in [7, 11) is -3.66. The Balaban J connectivity index is 2.19. The molecule has 6 heteroatoms. The molecule has 0 aliphatic rings. The molecule has 18 heavy (non-hydrogen) atoms. The molecule has 0 aliphatic heterocycles. The summed E-state index contributed by atoms with van der Waals surface area (Å²) in [6.45, 7) is 0. The summed E-state index contributed by atoms with van der Waals surface area (Å²) < 4.78 is 22.1. The highest BCUT2D eigenvalue weighted by Gasteiger charge is 2.06. The Morgan fingerprint density at radius 1 is 0.778 bits per heavy atom. The third-order valence-corrected chi connectivity index (χ3v) is 3.13. The minimum absolute atomic E-state index is 0.0566. The zero-order valence-electron chi connectivity index (χ0n) is 9.39. The minimum Gasteiger partial charge on any atom is -0.225 e. The zero-order chi connectivity index (χ0) is 13.0. The number of hydrogen-bond donors (Lipinski definition) is 1. The first-order chi connectivity index (χ1) is 8.55. The van der Waals surface area contributed by atoms with Crippen molar-refractivity contribution in [1.82, 2.24) is 0 Å². The fourth-order valence-electron chi connectivity index (χ4n) is 1.31. The van der Waals surface area contributed by atoms with Crippen LogP contribution in [0, 0.1) is 0 Å². The van der Waals surface area contributed by atoms with E-state index >= 15 is 0 Å². The van der Waals surface area contributed by atoms with Crippen molar-refractivity contribution in [2.75, 3.05) is 0 Å². The van der Waals surface area contributed by atoms with E-state index in [0.717, 1.165) is 5.69 Å². The molecule has 0 radical (unpaired) electrons. The molecule has 2 N–H and O–H groups in total. The van der Waals surface area contributed by atoms with Gasteiger partial charge in [0.15, 0.2) is 0 Å². The molecular weight excluding hydrogens is 250 g/mol. The molecule has 2 aromatic carbocycles. The molecule has 92 valence electrons. The molecule has 0 saturated heterocycles. The second-order valence-corrected chi connectivity index (χ2v) is 5.14. The van der Waals surface area contributed by atoms with Crippen LogP contribution in [0.5, 0.6) is 0 Å². The van der Waals surface area contributed by atoms with E-state index in [2.05, 4.69) is 10.2 Å². The lowest BCUT2D eigenvalue weighted by Crippen LogP contribution is -2.11. The van der Waals surface area contributed by atoms with Gasteiger partial charge in [0.25, 0.3) is 0 Å². The predicted molar refractivity (Wildman–Crippen MR) is 68.4 cm³/mol. The Hall–Kier alpha value is -2.05. The number of sulfonamides is 1. The number of rotatable bonds is 3. The van der Waals surface area contributed by atoms with E-state index in [-0.39, 0.29) is 4.90 Å². The molecule has 0 atom stereocenters. The Morgan fingerprint density at radius 2 is 1.28 bits per heavy atom. The summed E-state index contributed by atoms with van der Waals surface area (Å²) in [6.07, 6.45) is 0. The number of nitrogens with zero attached hydrogens (tertiary/aromatic N) is 2. The molecule has 0 spiro atoms. The van der Waals surface area contributed by atoms with Crippen molar-refractivity contribution in [3.63, 3.8) is 0 Å². The van der Waals surface area contributed by atoms with E-state index < -0.39 is 10.0 Å². The zero-order valence-corrected chi connectivity index (χ0v) is 10.2. The number of benzene rings is 2. The van der Waals surface area contributed by atoms with Crippen molar-refractivity contribution in [1.29, 1.82) is 0 Å². The molecule has 0 aromatic heterocycles. The van der Waals surface area contributed by atoms with Crippen LogP contribution in [0.15, 0.2) is 69.7 Å². The van der Waals surface area contributed by atoms with Crippen LogP contribution in [0.2, 0.25) is 0 Å². The lowest BCUT2D eigenvalue weighted by Gasteiger charge is -1.97. The van der Waals surface area contributed by atoms with Gasteiger partial charge in [-0.3, -0.25) is 0 Å². The maximum Gasteiger partial charge on any atom is 0.238 e. The highest BCUT2D eigenvalue weighted by Crippen LogP contribution is 2.19. The quantitative estimate of drug-likeness (QED) is 0.861. The van der Waals surface area contributed by atoms with Crippen molar-refractivity contribution in [3.05, 3.63) is 54.6 Å². The van der Waals surface area contributed by atoms with E-state index in [1.807, 2.05) is 30.3 Å². The maximum atomic E-state index is 11.0. The van der Waals surface area contributed by atoms with Crippen LogP contribution in [0.25, 0.3) is 0 Å². The van der Waals surface area contributed by atoms with E-state index in [1.165, 1.54) is 12.1 Å². The lowest BCUT2D eigenvalue weighted by molar-refractivity contribution is 0.598. The largest absolute Gasteiger partial charge is 0.238 e. The molecule has 0 saturated carbocycles. The van der Waals surface area contributed by atoms with Crippen LogP contribution in [-0.4, -0.2) is 8.42 Å². The van der Waals surface area contributed by atoms with Gasteiger partial charge in [0.05, 0.1) is 16.3 Å². The standard InChI is InChI=1S/C12H11N3O2S/c13-18(16,17)12-8-6-11(7-9-12)15-14-10-4-2-1-3-5-10/h1-9H,(H2,13,16,17)/b15-14+. The van der Waals surface area contributed by atoms with Crippen molar-refractivity contribution >= 4 is 21.4 Å². The van der Waals surface area contributed by atoms with Crippen molar-refractivity contribution < 1.29 is 8.42 Å². The Morgan fingerprint density at radius 3 is 1.78 bits per heavy atom. The topological polar surface area (TPSA) is 84.9 Å². The van der Waals surface area contributed by atoms with Crippen molar-refractivity contribution in [2.24, 2.45) is 15.4 Å². The first kappa shape index (κ1) is 12.4. The Labute approximate surface area is 105 Å². The molecule has 2 aromatic rings. The smallest absolute Gasteiger partial charge is 0.225 e. The molecule has 5 nitrogen and oxygen atoms in total. The molecule has 2 rings (SSSR count). The average Bonchev–Trinajstić information content (AvgIpc) is 2.37. The van der Waals surface area contributed by atoms with E-state index in [1.54, 1.807) is 12.1 Å². The van der Waals surface area contributed by atoms with Gasteiger partial charge < -0.3 is 0 Å². The molecule has 0 unspecified atom stereocenters. The monoisotopic (exact) mass is 261 g/mol. The predicted octanol–water partition coefficient (Wildman–Crippen LogP) is 2.75. The molecule has 0 fully saturated rings. The van der Waals surface area contributed by atoms with Crippen LogP contribution in [0.3, 0.4) is 0 Å². The summed E-state index contributed by atoms with van der Waals surface area (Å²) in [6, 6.07) is 15.1. The van der Waals surface area contributed by atoms with E-state index in [4.69, 9.17) is 5.14 Å². The van der Waals surface area contributed by atoms with Crippen molar-refractivity contribution in [2.45, 2.75) is 4.90 Å². The average molecular weight is 261 g/mol. The maximum absolute atomic E-state index is 11.0. The Bertz CT molecular complexity index is 649. The third-order valence-electron chi connectivity index (χ3n) is 2.20. The summed E-state index contributed by atoms with van der Waals surface area (Å²) in [5, 5.41) is 13.0. The normalized spacial score (nSPS) is 11.8. The Kier molecular flexibility index (Phi) is 3.50. The first-order valence-corrected chi connectivity index (χ1v) is 6.70. The molecule has 0 heterocycles. The second kappa shape index (κ2) is 5.07. The highest BCUT2D eigenvalue weighted by atomic mass is 32.2. The third kappa shape index (κ3) is 3.22. The molecule has 0 amide bonds. The molecule has 0 bridgehead atoms. The van der Waals surface area contributed by atoms with Crippen molar-refractivity contribution in [3.8, 4) is 0 Å². The number of hydrogen-bond acceptors (Lipinski definition) is 4. The van der Waals surface area contributed by atoms with Crippen LogP contribution in [0.1, 0.15) is 0 Å². The van der Waals surface area contributed by atoms with Gasteiger partial charge in [-0.05, 0) is 36.4 Å². The van der Waals surface area contributed by atoms with Crippen LogP contribution in [-0.2, 0) is 10.0 Å². The first-order valence-electron chi connectivity index (χ1n) is 5.15. The van der Waals surface area contributed by atoms with Gasteiger partial charge in [0, 0.05) is 0 Å². The molecular formula is C12H11N3O2S. The van der Waals surface area contributed by atoms with Crippen LogP contribution >= 0.6 is 0 Å². The summed E-state index contributed by atoms with van der Waals surface area (Å²) >= 11 is 0. The lowest BCUT2D eigenvalue weighted by atomic mass is 10.3. The van der Waals surface area contributed by atoms with Crippen LogP contribution < -0.4 is 5.14 Å². The van der Waals surface area contributed by atoms with Gasteiger partial charge in [-0.2, -0.15) is 10.2 Å². The highest BCUT2D eigenvalue weighted by molar-refractivity contribution is 7.89. The summed E-state index contributed by atoms with van der Waals surface area (Å²) in [5.41, 5.74) is 1.29. The number of azo groups is 1. The van der Waals surface area contributed by atoms with Gasteiger partial charge in [0.1, 0.15) is 0 Å². The summed E-state index contributed by atoms with van der Waals surface area (Å²) in [4.78, 5) is 0.0566. The van der Waals surface area contributed by atoms with Gasteiger partial charge in [-0.15, -0.1) is 0 Å². The minimum atomic E-state index is -3.66. The fourth-order valence-corrected chi connectivity index (χ4v) is 1.83. The van der Waals surface area contributed by atoms with Gasteiger partial charge in [-0.1, -0.05) is 18.2 Å². The van der Waals surface area contributed by atoms with Gasteiger partial charge in [-0.25, -0.2) is 13.6 Å².